The fraction of sp³-hybridized carbons (Fsp3) is 1.00. The maximum atomic E-state index is 11.1. The van der Waals surface area contributed by atoms with Crippen LogP contribution in [0.2, 0.25) is 0 Å². The molecule has 2 rings (SSSR count). The molecule has 0 amide bonds. The smallest absolute Gasteiger partial charge is 0.394 e. The third-order valence-corrected chi connectivity index (χ3v) is 4.65. The Labute approximate surface area is 153 Å². The van der Waals surface area contributed by atoms with Crippen LogP contribution < -0.4 is 0 Å². The summed E-state index contributed by atoms with van der Waals surface area (Å²) in [6, 6.07) is 0. The summed E-state index contributed by atoms with van der Waals surface area (Å²) in [6.07, 6.45) is -17.9. The van der Waals surface area contributed by atoms with Gasteiger partial charge in [-0.3, -0.25) is 4.55 Å². The van der Waals surface area contributed by atoms with Gasteiger partial charge in [0.1, 0.15) is 48.8 Å². The minimum atomic E-state index is -5.13. The summed E-state index contributed by atoms with van der Waals surface area (Å²) in [4.78, 5) is 0. The molecular weight excluding hydrogens is 400 g/mol. The average Bonchev–Trinajstić information content (AvgIpc) is 2.59. The molecule has 0 unspecified atom stereocenters. The lowest BCUT2D eigenvalue weighted by Gasteiger charge is -2.45. The van der Waals surface area contributed by atoms with Crippen LogP contribution in [0.3, 0.4) is 0 Å². The molecule has 0 saturated carbocycles. The minimum absolute atomic E-state index is 0.784. The molecule has 10 atom stereocenters. The van der Waals surface area contributed by atoms with Gasteiger partial charge in [0, 0.05) is 0 Å². The standard InChI is InChI=1S/C12H22O14S/c13-1-3-5(15)6(16)7(17)12(24-3)25-10-8(18)11(19)23-4(2-14)9(10)26-27(20,21)22/h3-19H,1-2H2,(H,20,21,22)/t3-,4-,5+,6+,7-,8-,9+,10-,11-,12+/m1/s1. The number of ether oxygens (including phenoxy) is 3. The van der Waals surface area contributed by atoms with Crippen molar-refractivity contribution in [2.75, 3.05) is 13.2 Å². The second-order valence-electron chi connectivity index (χ2n) is 6.02. The lowest BCUT2D eigenvalue weighted by atomic mass is 9.97. The van der Waals surface area contributed by atoms with E-state index in [0.717, 1.165) is 0 Å². The van der Waals surface area contributed by atoms with Crippen LogP contribution in [0.25, 0.3) is 0 Å². The van der Waals surface area contributed by atoms with E-state index in [1.807, 2.05) is 0 Å². The predicted octanol–water partition coefficient (Wildman–Crippen LogP) is -5.57. The molecule has 2 saturated heterocycles. The minimum Gasteiger partial charge on any atom is -0.394 e. The summed E-state index contributed by atoms with van der Waals surface area (Å²) in [5.74, 6) is 0. The Morgan fingerprint density at radius 2 is 1.37 bits per heavy atom. The van der Waals surface area contributed by atoms with Gasteiger partial charge in [-0.1, -0.05) is 0 Å². The van der Waals surface area contributed by atoms with E-state index in [2.05, 4.69) is 4.18 Å². The molecule has 2 fully saturated rings. The van der Waals surface area contributed by atoms with E-state index in [4.69, 9.17) is 23.9 Å². The van der Waals surface area contributed by atoms with Crippen LogP contribution in [-0.2, 0) is 28.8 Å². The van der Waals surface area contributed by atoms with E-state index in [1.54, 1.807) is 0 Å². The summed E-state index contributed by atoms with van der Waals surface area (Å²) in [5, 5.41) is 67.6. The fourth-order valence-corrected chi connectivity index (χ4v) is 3.32. The van der Waals surface area contributed by atoms with E-state index in [9.17, 15) is 39.1 Å². The third kappa shape index (κ3) is 5.10. The zero-order valence-electron chi connectivity index (χ0n) is 13.6. The topological polar surface area (TPSA) is 233 Å². The lowest BCUT2D eigenvalue weighted by molar-refractivity contribution is -0.353. The molecule has 2 heterocycles. The number of rotatable bonds is 6. The van der Waals surface area contributed by atoms with Gasteiger partial charge in [0.15, 0.2) is 12.6 Å². The molecule has 0 aromatic rings. The Kier molecular flexibility index (Phi) is 7.47. The van der Waals surface area contributed by atoms with Crippen LogP contribution in [0, 0.1) is 0 Å². The van der Waals surface area contributed by atoms with Crippen LogP contribution in [0.15, 0.2) is 0 Å². The zero-order valence-corrected chi connectivity index (χ0v) is 14.4. The predicted molar refractivity (Wildman–Crippen MR) is 79.0 cm³/mol. The molecule has 0 aliphatic carbocycles. The van der Waals surface area contributed by atoms with Crippen molar-refractivity contribution in [3.8, 4) is 0 Å². The molecule has 14 nitrogen and oxygen atoms in total. The molecule has 2 aliphatic rings. The van der Waals surface area contributed by atoms with Crippen molar-refractivity contribution in [3.05, 3.63) is 0 Å². The first-order chi connectivity index (χ1) is 12.5. The highest BCUT2D eigenvalue weighted by molar-refractivity contribution is 7.80. The first-order valence-corrected chi connectivity index (χ1v) is 9.10. The van der Waals surface area contributed by atoms with Gasteiger partial charge < -0.3 is 50.0 Å². The van der Waals surface area contributed by atoms with Gasteiger partial charge in [-0.25, -0.2) is 4.18 Å². The molecule has 160 valence electrons. The van der Waals surface area contributed by atoms with Crippen LogP contribution in [-0.4, -0.2) is 123 Å². The van der Waals surface area contributed by atoms with Crippen molar-refractivity contribution >= 4 is 10.4 Å². The van der Waals surface area contributed by atoms with E-state index in [1.165, 1.54) is 0 Å². The number of aliphatic hydroxyl groups excluding tert-OH is 7. The highest BCUT2D eigenvalue weighted by Gasteiger charge is 2.52. The molecule has 8 N–H and O–H groups in total. The Morgan fingerprint density at radius 3 is 1.89 bits per heavy atom. The first kappa shape index (κ1) is 22.8. The number of aliphatic hydroxyl groups is 7. The molecule has 15 heteroatoms. The van der Waals surface area contributed by atoms with Crippen LogP contribution in [0.1, 0.15) is 0 Å². The third-order valence-electron chi connectivity index (χ3n) is 4.19. The van der Waals surface area contributed by atoms with Crippen LogP contribution in [0.5, 0.6) is 0 Å². The van der Waals surface area contributed by atoms with Crippen molar-refractivity contribution < 1.29 is 67.1 Å². The summed E-state index contributed by atoms with van der Waals surface area (Å²) < 4.78 is 50.4. The van der Waals surface area contributed by atoms with E-state index in [0.29, 0.717) is 0 Å². The van der Waals surface area contributed by atoms with E-state index in [-0.39, 0.29) is 0 Å². The monoisotopic (exact) mass is 422 g/mol. The first-order valence-electron chi connectivity index (χ1n) is 7.74. The summed E-state index contributed by atoms with van der Waals surface area (Å²) in [6.45, 7) is -1.70. The maximum absolute atomic E-state index is 11.1. The largest absolute Gasteiger partial charge is 0.397 e. The highest BCUT2D eigenvalue weighted by atomic mass is 32.3. The highest BCUT2D eigenvalue weighted by Crippen LogP contribution is 2.30. The van der Waals surface area contributed by atoms with E-state index >= 15 is 0 Å². The Bertz CT molecular complexity index is 583. The van der Waals surface area contributed by atoms with Crippen molar-refractivity contribution in [2.45, 2.75) is 61.4 Å². The molecule has 0 bridgehead atoms. The molecule has 0 spiro atoms. The van der Waals surface area contributed by atoms with Gasteiger partial charge in [-0.2, -0.15) is 8.42 Å². The van der Waals surface area contributed by atoms with Gasteiger partial charge in [-0.15, -0.1) is 0 Å². The number of hydrogen-bond donors (Lipinski definition) is 8. The Balaban J connectivity index is 2.27. The molecule has 0 aromatic heterocycles. The Hall–Kier alpha value is -0.530. The van der Waals surface area contributed by atoms with Crippen molar-refractivity contribution in [1.29, 1.82) is 0 Å². The molecule has 27 heavy (non-hydrogen) atoms. The van der Waals surface area contributed by atoms with Crippen molar-refractivity contribution in [1.82, 2.24) is 0 Å². The quantitative estimate of drug-likeness (QED) is 0.186. The van der Waals surface area contributed by atoms with Crippen molar-refractivity contribution in [3.63, 3.8) is 0 Å². The molecule has 0 radical (unpaired) electrons. The van der Waals surface area contributed by atoms with Crippen LogP contribution in [0.4, 0.5) is 0 Å². The maximum Gasteiger partial charge on any atom is 0.397 e. The molecular formula is C12H22O14S. The average molecular weight is 422 g/mol. The second kappa shape index (κ2) is 8.87. The van der Waals surface area contributed by atoms with Gasteiger partial charge in [0.05, 0.1) is 13.2 Å². The second-order valence-corrected chi connectivity index (χ2v) is 7.07. The summed E-state index contributed by atoms with van der Waals surface area (Å²) in [7, 11) is -5.13. The zero-order chi connectivity index (χ0) is 20.5. The van der Waals surface area contributed by atoms with E-state index < -0.39 is 85.0 Å². The lowest BCUT2D eigenvalue weighted by Crippen LogP contribution is -2.65. The van der Waals surface area contributed by atoms with Gasteiger partial charge in [0.2, 0.25) is 0 Å². The summed E-state index contributed by atoms with van der Waals surface area (Å²) in [5.41, 5.74) is 0. The normalized spacial score (nSPS) is 46.4. The van der Waals surface area contributed by atoms with Crippen LogP contribution >= 0.6 is 0 Å². The SMILES string of the molecule is O=S(=O)(O)O[C@@H]1[C@H](O[C@@H]2O[C@H](CO)[C@H](O)[C@H](O)[C@H]2O)[C@@H](O)[C@H](O)O[C@@H]1CO. The van der Waals surface area contributed by atoms with Gasteiger partial charge in [0.25, 0.3) is 0 Å². The fourth-order valence-electron chi connectivity index (χ4n) is 2.80. The van der Waals surface area contributed by atoms with Crippen molar-refractivity contribution in [2.24, 2.45) is 0 Å². The molecule has 0 aromatic carbocycles. The molecule has 2 aliphatic heterocycles. The van der Waals surface area contributed by atoms with Gasteiger partial charge in [-0.05, 0) is 0 Å². The Morgan fingerprint density at radius 1 is 0.778 bits per heavy atom. The summed E-state index contributed by atoms with van der Waals surface area (Å²) >= 11 is 0. The number of hydrogen-bond acceptors (Lipinski definition) is 13. The van der Waals surface area contributed by atoms with Gasteiger partial charge >= 0.3 is 10.4 Å².